The number of Topliss-reactive ketones (excluding diaryl/α,β-unsaturated/α-hetero) is 1. The molecule has 0 bridgehead atoms. The number of carbonyl (C=O) groups is 1. The molecule has 0 N–H and O–H groups in total. The van der Waals surface area contributed by atoms with E-state index < -0.39 is 0 Å². The molecule has 138 valence electrons. The number of para-hydroxylation sites is 1. The molecular formula is C21H25BrN2O2. The van der Waals surface area contributed by atoms with Crippen molar-refractivity contribution < 1.29 is 9.53 Å². The van der Waals surface area contributed by atoms with Crippen LogP contribution in [-0.2, 0) is 0 Å². The quantitative estimate of drug-likeness (QED) is 0.351. The predicted octanol–water partition coefficient (Wildman–Crippen LogP) is 5.25. The van der Waals surface area contributed by atoms with E-state index in [4.69, 9.17) is 4.74 Å². The summed E-state index contributed by atoms with van der Waals surface area (Å²) in [4.78, 5) is 19.2. The van der Waals surface area contributed by atoms with Crippen LogP contribution in [0.15, 0.2) is 39.8 Å². The number of benzene rings is 2. The molecule has 0 amide bonds. The number of hydrogen-bond donors (Lipinski definition) is 0. The Kier molecular flexibility index (Phi) is 6.98. The van der Waals surface area contributed by atoms with Crippen LogP contribution in [0.5, 0.6) is 5.75 Å². The number of aliphatic imine (C=N–C) groups is 1. The summed E-state index contributed by atoms with van der Waals surface area (Å²) in [6.07, 6.45) is 1.81. The van der Waals surface area contributed by atoms with Gasteiger partial charge in [0.1, 0.15) is 5.75 Å². The fraction of sp³-hybridized carbons (Fsp3) is 0.333. The van der Waals surface area contributed by atoms with Crippen LogP contribution in [0.1, 0.15) is 34.0 Å². The molecule has 0 atom stereocenters. The maximum absolute atomic E-state index is 12.7. The zero-order chi connectivity index (χ0) is 19.3. The lowest BCUT2D eigenvalue weighted by Gasteiger charge is -2.13. The average Bonchev–Trinajstić information content (AvgIpc) is 2.61. The highest BCUT2D eigenvalue weighted by atomic mass is 79.9. The van der Waals surface area contributed by atoms with Gasteiger partial charge in [-0.1, -0.05) is 12.1 Å². The number of rotatable bonds is 7. The number of carbonyl (C=O) groups excluding carboxylic acids is 1. The summed E-state index contributed by atoms with van der Waals surface area (Å²) >= 11 is 3.47. The average molecular weight is 417 g/mol. The van der Waals surface area contributed by atoms with E-state index in [0.29, 0.717) is 11.3 Å². The third kappa shape index (κ3) is 4.94. The first-order valence-corrected chi connectivity index (χ1v) is 9.39. The van der Waals surface area contributed by atoms with Crippen LogP contribution in [0, 0.1) is 20.8 Å². The Hall–Kier alpha value is -2.14. The summed E-state index contributed by atoms with van der Waals surface area (Å²) in [5.41, 5.74) is 4.41. The van der Waals surface area contributed by atoms with Crippen molar-refractivity contribution >= 4 is 33.7 Å². The topological polar surface area (TPSA) is 41.9 Å². The summed E-state index contributed by atoms with van der Waals surface area (Å²) in [6.45, 7) is 8.82. The van der Waals surface area contributed by atoms with E-state index in [1.165, 1.54) is 0 Å². The van der Waals surface area contributed by atoms with Gasteiger partial charge in [-0.25, -0.2) is 4.99 Å². The van der Waals surface area contributed by atoms with Gasteiger partial charge in [-0.15, -0.1) is 0 Å². The Balaban J connectivity index is 2.17. The number of hydrogen-bond acceptors (Lipinski definition) is 3. The first-order chi connectivity index (χ1) is 12.3. The molecule has 5 heteroatoms. The van der Waals surface area contributed by atoms with Crippen LogP contribution in [0.3, 0.4) is 0 Å². The third-order valence-corrected chi connectivity index (χ3v) is 4.87. The van der Waals surface area contributed by atoms with E-state index in [1.807, 2.05) is 69.4 Å². The highest BCUT2D eigenvalue weighted by molar-refractivity contribution is 9.10. The number of halogens is 1. The maximum Gasteiger partial charge on any atom is 0.200 e. The zero-order valence-electron chi connectivity index (χ0n) is 16.0. The molecule has 0 aliphatic carbocycles. The van der Waals surface area contributed by atoms with E-state index >= 15 is 0 Å². The second-order valence-corrected chi connectivity index (χ2v) is 7.22. The van der Waals surface area contributed by atoms with Crippen molar-refractivity contribution in [2.75, 3.05) is 20.2 Å². The Labute approximate surface area is 164 Å². The summed E-state index contributed by atoms with van der Waals surface area (Å²) in [5, 5.41) is 0. The smallest absolute Gasteiger partial charge is 0.200 e. The third-order valence-electron chi connectivity index (χ3n) is 4.25. The summed E-state index contributed by atoms with van der Waals surface area (Å²) in [6, 6.07) is 9.65. The monoisotopic (exact) mass is 416 g/mol. The lowest BCUT2D eigenvalue weighted by atomic mass is 10.0. The second kappa shape index (κ2) is 8.99. The number of aryl methyl sites for hydroxylation is 3. The molecule has 2 aromatic rings. The van der Waals surface area contributed by atoms with Crippen molar-refractivity contribution in [1.82, 2.24) is 4.90 Å². The number of ether oxygens (including phenoxy) is 1. The van der Waals surface area contributed by atoms with Gasteiger partial charge in [-0.2, -0.15) is 0 Å². The van der Waals surface area contributed by atoms with E-state index in [0.717, 1.165) is 33.4 Å². The maximum atomic E-state index is 12.7. The molecular weight excluding hydrogens is 392 g/mol. The fourth-order valence-electron chi connectivity index (χ4n) is 2.50. The van der Waals surface area contributed by atoms with Crippen molar-refractivity contribution in [2.24, 2.45) is 4.99 Å². The second-order valence-electron chi connectivity index (χ2n) is 6.37. The largest absolute Gasteiger partial charge is 0.484 e. The molecule has 26 heavy (non-hydrogen) atoms. The van der Waals surface area contributed by atoms with Gasteiger partial charge in [0.15, 0.2) is 12.4 Å². The minimum atomic E-state index is -0.0399. The molecule has 0 aromatic heterocycles. The van der Waals surface area contributed by atoms with Crippen LogP contribution in [0.4, 0.5) is 5.69 Å². The summed E-state index contributed by atoms with van der Waals surface area (Å²) in [5.74, 6) is 0.668. The molecule has 0 fully saturated rings. The van der Waals surface area contributed by atoms with Crippen LogP contribution >= 0.6 is 15.9 Å². The fourth-order valence-corrected chi connectivity index (χ4v) is 3.08. The molecule has 0 aliphatic rings. The van der Waals surface area contributed by atoms with Gasteiger partial charge in [0, 0.05) is 19.2 Å². The van der Waals surface area contributed by atoms with Crippen molar-refractivity contribution in [3.05, 3.63) is 57.1 Å². The van der Waals surface area contributed by atoms with Gasteiger partial charge >= 0.3 is 0 Å². The number of nitrogens with zero attached hydrogens (tertiary/aromatic N) is 2. The number of ketones is 1. The zero-order valence-corrected chi connectivity index (χ0v) is 17.6. The summed E-state index contributed by atoms with van der Waals surface area (Å²) < 4.78 is 6.62. The van der Waals surface area contributed by atoms with Crippen LogP contribution in [-0.4, -0.2) is 37.2 Å². The van der Waals surface area contributed by atoms with Crippen molar-refractivity contribution in [3.63, 3.8) is 0 Å². The Bertz CT molecular complexity index is 811. The Morgan fingerprint density at radius 3 is 2.58 bits per heavy atom. The predicted molar refractivity (Wildman–Crippen MR) is 111 cm³/mol. The van der Waals surface area contributed by atoms with Gasteiger partial charge in [0.05, 0.1) is 16.5 Å². The van der Waals surface area contributed by atoms with Crippen molar-refractivity contribution in [3.8, 4) is 5.75 Å². The first kappa shape index (κ1) is 20.2. The minimum absolute atomic E-state index is 0.00488. The minimum Gasteiger partial charge on any atom is -0.484 e. The highest BCUT2D eigenvalue weighted by Gasteiger charge is 2.14. The molecule has 0 aliphatic heterocycles. The molecule has 0 unspecified atom stereocenters. The molecule has 0 spiro atoms. The molecule has 0 radical (unpaired) electrons. The normalized spacial score (nSPS) is 11.0. The van der Waals surface area contributed by atoms with E-state index in [1.54, 1.807) is 0 Å². The van der Waals surface area contributed by atoms with E-state index in [2.05, 4.69) is 27.8 Å². The van der Waals surface area contributed by atoms with Gasteiger partial charge < -0.3 is 9.64 Å². The highest BCUT2D eigenvalue weighted by Crippen LogP contribution is 2.29. The van der Waals surface area contributed by atoms with Crippen molar-refractivity contribution in [1.29, 1.82) is 0 Å². The SMILES string of the molecule is CCN(C)C=Nc1cc(C)c(C(=O)COc2c(C)cccc2Br)cc1C. The molecule has 4 nitrogen and oxygen atoms in total. The van der Waals surface area contributed by atoms with Crippen LogP contribution < -0.4 is 4.74 Å². The summed E-state index contributed by atoms with van der Waals surface area (Å²) in [7, 11) is 1.98. The Morgan fingerprint density at radius 1 is 1.19 bits per heavy atom. The molecule has 2 rings (SSSR count). The molecule has 0 saturated heterocycles. The Morgan fingerprint density at radius 2 is 1.92 bits per heavy atom. The van der Waals surface area contributed by atoms with E-state index in [9.17, 15) is 4.79 Å². The van der Waals surface area contributed by atoms with Gasteiger partial charge in [-0.3, -0.25) is 4.79 Å². The van der Waals surface area contributed by atoms with Gasteiger partial charge in [0.25, 0.3) is 0 Å². The lowest BCUT2D eigenvalue weighted by molar-refractivity contribution is 0.0920. The molecule has 0 heterocycles. The van der Waals surface area contributed by atoms with Crippen molar-refractivity contribution in [2.45, 2.75) is 27.7 Å². The van der Waals surface area contributed by atoms with E-state index in [-0.39, 0.29) is 12.4 Å². The lowest BCUT2D eigenvalue weighted by Crippen LogP contribution is -2.15. The standard InChI is InChI=1S/C21H25BrN2O2/c1-6-24(5)13-23-19-11-15(3)17(10-16(19)4)20(25)12-26-21-14(2)8-7-9-18(21)22/h7-11,13H,6,12H2,1-5H3. The first-order valence-electron chi connectivity index (χ1n) is 8.60. The molecule has 2 aromatic carbocycles. The van der Waals surface area contributed by atoms with Crippen LogP contribution in [0.2, 0.25) is 0 Å². The molecule has 0 saturated carbocycles. The van der Waals surface area contributed by atoms with Gasteiger partial charge in [0.2, 0.25) is 0 Å². The van der Waals surface area contributed by atoms with Crippen LogP contribution in [0.25, 0.3) is 0 Å². The van der Waals surface area contributed by atoms with Gasteiger partial charge in [-0.05, 0) is 78.5 Å².